The van der Waals surface area contributed by atoms with Gasteiger partial charge in [0.1, 0.15) is 0 Å². The quantitative estimate of drug-likeness (QED) is 0.820. The first-order valence-electron chi connectivity index (χ1n) is 5.53. The first-order valence-corrected chi connectivity index (χ1v) is 6.61. The summed E-state index contributed by atoms with van der Waals surface area (Å²) in [4.78, 5) is 22.9. The Kier molecular flexibility index (Phi) is 4.16. The highest BCUT2D eigenvalue weighted by Crippen LogP contribution is 2.14. The third-order valence-electron chi connectivity index (χ3n) is 2.51. The van der Waals surface area contributed by atoms with Gasteiger partial charge in [-0.3, -0.25) is 9.59 Å². The van der Waals surface area contributed by atoms with Gasteiger partial charge in [-0.05, 0) is 65.1 Å². The van der Waals surface area contributed by atoms with Crippen LogP contribution in [0.1, 0.15) is 20.7 Å². The molecule has 0 aliphatic carbocycles. The van der Waals surface area contributed by atoms with Crippen LogP contribution in [-0.4, -0.2) is 11.8 Å². The first-order chi connectivity index (χ1) is 9.06. The lowest BCUT2D eigenvalue weighted by Gasteiger charge is -2.06. The minimum absolute atomic E-state index is 0.224. The third kappa shape index (κ3) is 3.54. The van der Waals surface area contributed by atoms with Crippen molar-refractivity contribution in [2.45, 2.75) is 0 Å². The molecule has 5 heteroatoms. The highest BCUT2D eigenvalue weighted by molar-refractivity contribution is 14.1. The van der Waals surface area contributed by atoms with Crippen LogP contribution in [0, 0.1) is 3.57 Å². The van der Waals surface area contributed by atoms with E-state index in [9.17, 15) is 9.59 Å². The van der Waals surface area contributed by atoms with Gasteiger partial charge in [0, 0.05) is 20.4 Å². The summed E-state index contributed by atoms with van der Waals surface area (Å²) in [6.07, 6.45) is 0. The van der Waals surface area contributed by atoms with E-state index in [4.69, 9.17) is 5.73 Å². The normalized spacial score (nSPS) is 9.95. The molecule has 0 radical (unpaired) electrons. The highest BCUT2D eigenvalue weighted by atomic mass is 127. The zero-order valence-corrected chi connectivity index (χ0v) is 12.0. The van der Waals surface area contributed by atoms with Crippen LogP contribution in [0.2, 0.25) is 0 Å². The van der Waals surface area contributed by atoms with Crippen molar-refractivity contribution in [1.82, 2.24) is 0 Å². The minimum Gasteiger partial charge on any atom is -0.366 e. The molecule has 0 spiro atoms. The standard InChI is InChI=1S/C14H11IN2O2/c15-11-2-1-3-12(8-11)17-14(19)10-6-4-9(5-7-10)13(16)18/h1-8H,(H2,16,18)(H,17,19). The molecule has 2 aromatic rings. The van der Waals surface area contributed by atoms with E-state index in [1.807, 2.05) is 24.3 Å². The van der Waals surface area contributed by atoms with Crippen LogP contribution < -0.4 is 11.1 Å². The number of anilines is 1. The average molecular weight is 366 g/mol. The van der Waals surface area contributed by atoms with Gasteiger partial charge in [-0.2, -0.15) is 0 Å². The lowest BCUT2D eigenvalue weighted by Crippen LogP contribution is -2.14. The first kappa shape index (κ1) is 13.5. The van der Waals surface area contributed by atoms with E-state index in [0.717, 1.165) is 9.26 Å². The fraction of sp³-hybridized carbons (Fsp3) is 0. The summed E-state index contributed by atoms with van der Waals surface area (Å²) >= 11 is 2.18. The maximum absolute atomic E-state index is 12.0. The van der Waals surface area contributed by atoms with Crippen molar-refractivity contribution in [3.63, 3.8) is 0 Å². The summed E-state index contributed by atoms with van der Waals surface area (Å²) < 4.78 is 1.04. The van der Waals surface area contributed by atoms with E-state index in [1.165, 1.54) is 12.1 Å². The summed E-state index contributed by atoms with van der Waals surface area (Å²) in [5.41, 5.74) is 6.73. The fourth-order valence-corrected chi connectivity index (χ4v) is 2.10. The number of hydrogen-bond donors (Lipinski definition) is 2. The van der Waals surface area contributed by atoms with E-state index < -0.39 is 5.91 Å². The molecular formula is C14H11IN2O2. The summed E-state index contributed by atoms with van der Waals surface area (Å²) in [6.45, 7) is 0. The van der Waals surface area contributed by atoms with Crippen molar-refractivity contribution in [3.05, 3.63) is 63.2 Å². The Labute approximate surface area is 124 Å². The molecule has 96 valence electrons. The van der Waals surface area contributed by atoms with Crippen LogP contribution >= 0.6 is 22.6 Å². The molecule has 0 aliphatic rings. The zero-order chi connectivity index (χ0) is 13.8. The number of amides is 2. The van der Waals surface area contributed by atoms with Gasteiger partial charge in [0.25, 0.3) is 5.91 Å². The average Bonchev–Trinajstić information content (AvgIpc) is 2.39. The van der Waals surface area contributed by atoms with Crippen LogP contribution in [0.4, 0.5) is 5.69 Å². The molecule has 0 saturated heterocycles. The summed E-state index contributed by atoms with van der Waals surface area (Å²) in [5.74, 6) is -0.734. The molecule has 2 aromatic carbocycles. The van der Waals surface area contributed by atoms with Gasteiger partial charge in [-0.25, -0.2) is 0 Å². The second-order valence-electron chi connectivity index (χ2n) is 3.91. The van der Waals surface area contributed by atoms with Gasteiger partial charge in [-0.1, -0.05) is 6.07 Å². The number of carbonyl (C=O) groups is 2. The molecule has 0 fully saturated rings. The van der Waals surface area contributed by atoms with Crippen LogP contribution in [0.3, 0.4) is 0 Å². The second-order valence-corrected chi connectivity index (χ2v) is 5.15. The number of benzene rings is 2. The molecule has 2 amide bonds. The van der Waals surface area contributed by atoms with Crippen molar-refractivity contribution in [1.29, 1.82) is 0 Å². The Bertz CT molecular complexity index is 624. The number of nitrogens with two attached hydrogens (primary N) is 1. The molecule has 0 bridgehead atoms. The van der Waals surface area contributed by atoms with Crippen LogP contribution in [0.15, 0.2) is 48.5 Å². The topological polar surface area (TPSA) is 72.2 Å². The molecule has 19 heavy (non-hydrogen) atoms. The number of nitrogens with one attached hydrogen (secondary N) is 1. The largest absolute Gasteiger partial charge is 0.366 e. The lowest BCUT2D eigenvalue weighted by atomic mass is 10.1. The van der Waals surface area contributed by atoms with Crippen LogP contribution in [0.5, 0.6) is 0 Å². The fourth-order valence-electron chi connectivity index (χ4n) is 1.56. The van der Waals surface area contributed by atoms with Crippen molar-refractivity contribution >= 4 is 40.1 Å². The maximum Gasteiger partial charge on any atom is 0.255 e. The predicted octanol–water partition coefficient (Wildman–Crippen LogP) is 2.64. The van der Waals surface area contributed by atoms with Gasteiger partial charge < -0.3 is 11.1 Å². The van der Waals surface area contributed by atoms with Crippen LogP contribution in [-0.2, 0) is 0 Å². The van der Waals surface area contributed by atoms with Crippen molar-refractivity contribution in [2.24, 2.45) is 5.73 Å². The molecule has 0 atom stereocenters. The smallest absolute Gasteiger partial charge is 0.255 e. The summed E-state index contributed by atoms with van der Waals surface area (Å²) in [7, 11) is 0. The van der Waals surface area contributed by atoms with E-state index >= 15 is 0 Å². The van der Waals surface area contributed by atoms with E-state index in [2.05, 4.69) is 27.9 Å². The molecule has 0 heterocycles. The number of primary amides is 1. The number of hydrogen-bond acceptors (Lipinski definition) is 2. The summed E-state index contributed by atoms with van der Waals surface area (Å²) in [5, 5.41) is 2.79. The zero-order valence-electron chi connectivity index (χ0n) is 9.89. The van der Waals surface area contributed by atoms with Gasteiger partial charge >= 0.3 is 0 Å². The number of carbonyl (C=O) groups excluding carboxylic acids is 2. The Morgan fingerprint density at radius 3 is 2.21 bits per heavy atom. The third-order valence-corrected chi connectivity index (χ3v) is 3.19. The Morgan fingerprint density at radius 2 is 1.63 bits per heavy atom. The molecule has 0 aromatic heterocycles. The molecule has 0 aliphatic heterocycles. The SMILES string of the molecule is NC(=O)c1ccc(C(=O)Nc2cccc(I)c2)cc1. The van der Waals surface area contributed by atoms with E-state index in [0.29, 0.717) is 11.1 Å². The predicted molar refractivity (Wildman–Crippen MR) is 82.1 cm³/mol. The number of halogens is 1. The van der Waals surface area contributed by atoms with Gasteiger partial charge in [0.05, 0.1) is 0 Å². The molecule has 3 N–H and O–H groups in total. The highest BCUT2D eigenvalue weighted by Gasteiger charge is 2.07. The van der Waals surface area contributed by atoms with E-state index in [-0.39, 0.29) is 5.91 Å². The van der Waals surface area contributed by atoms with Crippen molar-refractivity contribution in [3.8, 4) is 0 Å². The second kappa shape index (κ2) is 5.83. The summed E-state index contributed by atoms with van der Waals surface area (Å²) in [6, 6.07) is 13.7. The Morgan fingerprint density at radius 1 is 1.00 bits per heavy atom. The Balaban J connectivity index is 2.14. The lowest BCUT2D eigenvalue weighted by molar-refractivity contribution is 0.0995. The maximum atomic E-state index is 12.0. The monoisotopic (exact) mass is 366 g/mol. The van der Waals surface area contributed by atoms with Gasteiger partial charge in [-0.15, -0.1) is 0 Å². The molecule has 4 nitrogen and oxygen atoms in total. The Hall–Kier alpha value is -1.89. The van der Waals surface area contributed by atoms with Crippen molar-refractivity contribution < 1.29 is 9.59 Å². The van der Waals surface area contributed by atoms with Gasteiger partial charge in [0.2, 0.25) is 5.91 Å². The molecule has 0 saturated carbocycles. The van der Waals surface area contributed by atoms with Crippen LogP contribution in [0.25, 0.3) is 0 Å². The van der Waals surface area contributed by atoms with Crippen molar-refractivity contribution in [2.75, 3.05) is 5.32 Å². The number of rotatable bonds is 3. The van der Waals surface area contributed by atoms with E-state index in [1.54, 1.807) is 12.1 Å². The van der Waals surface area contributed by atoms with Gasteiger partial charge in [0.15, 0.2) is 0 Å². The molecule has 2 rings (SSSR count). The molecular weight excluding hydrogens is 355 g/mol. The molecule has 0 unspecified atom stereocenters. The minimum atomic E-state index is -0.510.